The number of aromatic amines is 1. The van der Waals surface area contributed by atoms with Crippen LogP contribution in [0.25, 0.3) is 0 Å². The molecular formula is C27H45N11O2. The molecule has 1 fully saturated rings. The van der Waals surface area contributed by atoms with Crippen molar-refractivity contribution >= 4 is 29.8 Å². The normalized spacial score (nSPS) is 17.1. The van der Waals surface area contributed by atoms with E-state index in [2.05, 4.69) is 35.5 Å². The molecule has 0 spiro atoms. The molecule has 40 heavy (non-hydrogen) atoms. The quantitative estimate of drug-likeness (QED) is 0.195. The van der Waals surface area contributed by atoms with Crippen LogP contribution in [0.2, 0.25) is 0 Å². The molecule has 0 radical (unpaired) electrons. The zero-order valence-corrected chi connectivity index (χ0v) is 23.7. The number of carbonyl (C=O) groups is 2. The fourth-order valence-electron chi connectivity index (χ4n) is 5.40. The molecule has 0 aromatic carbocycles. The van der Waals surface area contributed by atoms with E-state index in [0.29, 0.717) is 24.6 Å². The SMILES string of the molecule is Cc1nc(C(N)=O)c(N)n1CCN1CCN(C(=O)CCCCCCCCCCN[C@H]2N=CNc3nc[nH]c32)CC1. The van der Waals surface area contributed by atoms with Gasteiger partial charge in [-0.25, -0.2) is 9.97 Å². The van der Waals surface area contributed by atoms with Crippen molar-refractivity contribution in [1.82, 2.24) is 34.6 Å². The van der Waals surface area contributed by atoms with Crippen LogP contribution in [0.1, 0.15) is 86.0 Å². The molecule has 4 rings (SSSR count). The maximum absolute atomic E-state index is 12.7. The first-order valence-electron chi connectivity index (χ1n) is 14.6. The molecule has 13 heteroatoms. The Hall–Kier alpha value is -3.45. The number of anilines is 2. The summed E-state index contributed by atoms with van der Waals surface area (Å²) in [4.78, 5) is 44.4. The Labute approximate surface area is 236 Å². The molecule has 0 aliphatic carbocycles. The van der Waals surface area contributed by atoms with Gasteiger partial charge in [0.2, 0.25) is 5.91 Å². The number of amides is 2. The average molecular weight is 556 g/mol. The molecule has 220 valence electrons. The standard InChI is InChI=1S/C27H45N11O2/c1-20-35-22(25(29)40)24(28)38(20)17-14-36-12-15-37(16-13-36)21(39)10-8-6-4-2-3-5-7-9-11-30-26-23-27(32-18-31-23)34-19-33-26/h18-19,26,30H,2-17,28H2,1H3,(H2,29,40)(H,31,32)(H,33,34)/t26-/m0/s1. The van der Waals surface area contributed by atoms with Crippen LogP contribution in [0, 0.1) is 6.92 Å². The predicted molar refractivity (Wildman–Crippen MR) is 156 cm³/mol. The number of fused-ring (bicyclic) bond motifs is 1. The van der Waals surface area contributed by atoms with Crippen LogP contribution in [0.4, 0.5) is 11.6 Å². The first kappa shape index (κ1) is 29.5. The zero-order valence-electron chi connectivity index (χ0n) is 23.7. The van der Waals surface area contributed by atoms with Crippen LogP contribution >= 0.6 is 0 Å². The van der Waals surface area contributed by atoms with Crippen LogP contribution in [0.5, 0.6) is 0 Å². The second kappa shape index (κ2) is 14.8. The van der Waals surface area contributed by atoms with E-state index in [9.17, 15) is 9.59 Å². The van der Waals surface area contributed by atoms with Crippen molar-refractivity contribution in [3.63, 3.8) is 0 Å². The number of hydrogen-bond acceptors (Lipinski definition) is 9. The molecule has 1 saturated heterocycles. The number of nitrogen functional groups attached to an aromatic ring is 1. The molecule has 0 bridgehead atoms. The van der Waals surface area contributed by atoms with Gasteiger partial charge in [-0.05, 0) is 26.3 Å². The molecule has 2 aromatic heterocycles. The molecule has 2 aromatic rings. The molecule has 2 aliphatic rings. The summed E-state index contributed by atoms with van der Waals surface area (Å²) < 4.78 is 1.83. The van der Waals surface area contributed by atoms with E-state index in [-0.39, 0.29) is 17.8 Å². The minimum atomic E-state index is -0.607. The van der Waals surface area contributed by atoms with Crippen molar-refractivity contribution in [2.45, 2.75) is 77.4 Å². The van der Waals surface area contributed by atoms with Crippen molar-refractivity contribution in [3.05, 3.63) is 23.5 Å². The van der Waals surface area contributed by atoms with Crippen LogP contribution in [0.15, 0.2) is 11.3 Å². The van der Waals surface area contributed by atoms with Gasteiger partial charge in [0, 0.05) is 45.7 Å². The van der Waals surface area contributed by atoms with E-state index in [1.165, 1.54) is 32.1 Å². The maximum atomic E-state index is 12.7. The summed E-state index contributed by atoms with van der Waals surface area (Å²) in [5.74, 6) is 1.52. The number of imidazole rings is 2. The molecule has 2 aliphatic heterocycles. The summed E-state index contributed by atoms with van der Waals surface area (Å²) in [7, 11) is 0. The number of rotatable bonds is 16. The number of aromatic nitrogens is 4. The van der Waals surface area contributed by atoms with Gasteiger partial charge in [-0.2, -0.15) is 0 Å². The van der Waals surface area contributed by atoms with Crippen LogP contribution in [-0.2, 0) is 11.3 Å². The van der Waals surface area contributed by atoms with Gasteiger partial charge in [0.1, 0.15) is 17.8 Å². The third-order valence-corrected chi connectivity index (χ3v) is 7.82. The van der Waals surface area contributed by atoms with Crippen LogP contribution in [0.3, 0.4) is 0 Å². The van der Waals surface area contributed by atoms with Gasteiger partial charge in [0.05, 0.1) is 18.4 Å². The first-order chi connectivity index (χ1) is 19.4. The number of nitrogens with two attached hydrogens (primary N) is 2. The number of nitrogens with one attached hydrogen (secondary N) is 3. The lowest BCUT2D eigenvalue weighted by molar-refractivity contribution is -0.133. The molecule has 4 heterocycles. The summed E-state index contributed by atoms with van der Waals surface area (Å²) in [5, 5.41) is 6.51. The third kappa shape index (κ3) is 8.04. The summed E-state index contributed by atoms with van der Waals surface area (Å²) in [6.45, 7) is 7.38. The van der Waals surface area contributed by atoms with Crippen molar-refractivity contribution in [1.29, 1.82) is 0 Å². The van der Waals surface area contributed by atoms with Crippen molar-refractivity contribution in [2.24, 2.45) is 10.7 Å². The van der Waals surface area contributed by atoms with Crippen LogP contribution in [-0.4, -0.2) is 86.7 Å². The van der Waals surface area contributed by atoms with E-state index in [0.717, 1.165) is 70.0 Å². The van der Waals surface area contributed by atoms with Crippen LogP contribution < -0.4 is 22.1 Å². The number of carbonyl (C=O) groups excluding carboxylic acids is 2. The Morgan fingerprint density at radius 1 is 1.02 bits per heavy atom. The molecule has 0 unspecified atom stereocenters. The highest BCUT2D eigenvalue weighted by atomic mass is 16.2. The molecule has 1 atom stereocenters. The number of aryl methyl sites for hydroxylation is 1. The number of aliphatic imine (C=N–C) groups is 1. The lowest BCUT2D eigenvalue weighted by Crippen LogP contribution is -2.49. The second-order valence-electron chi connectivity index (χ2n) is 10.7. The van der Waals surface area contributed by atoms with Gasteiger partial charge >= 0.3 is 0 Å². The average Bonchev–Trinajstić information content (AvgIpc) is 3.55. The third-order valence-electron chi connectivity index (χ3n) is 7.82. The van der Waals surface area contributed by atoms with E-state index < -0.39 is 5.91 Å². The highest BCUT2D eigenvalue weighted by molar-refractivity contribution is 5.95. The summed E-state index contributed by atoms with van der Waals surface area (Å²) in [6, 6.07) is 0. The van der Waals surface area contributed by atoms with E-state index in [1.807, 2.05) is 16.4 Å². The first-order valence-corrected chi connectivity index (χ1v) is 14.6. The Balaban J connectivity index is 0.975. The smallest absolute Gasteiger partial charge is 0.271 e. The van der Waals surface area contributed by atoms with Gasteiger partial charge in [-0.15, -0.1) is 0 Å². The molecule has 2 amide bonds. The van der Waals surface area contributed by atoms with Gasteiger partial charge in [-0.1, -0.05) is 38.5 Å². The van der Waals surface area contributed by atoms with Crippen molar-refractivity contribution < 1.29 is 9.59 Å². The Bertz CT molecular complexity index is 1130. The van der Waals surface area contributed by atoms with Gasteiger partial charge in [0.25, 0.3) is 5.91 Å². The lowest BCUT2D eigenvalue weighted by atomic mass is 10.1. The summed E-state index contributed by atoms with van der Waals surface area (Å²) >= 11 is 0. The Morgan fingerprint density at radius 2 is 1.73 bits per heavy atom. The largest absolute Gasteiger partial charge is 0.383 e. The Kier molecular flexibility index (Phi) is 10.9. The number of primary amides is 1. The fraction of sp³-hybridized carbons (Fsp3) is 0.667. The van der Waals surface area contributed by atoms with E-state index in [1.54, 1.807) is 12.7 Å². The maximum Gasteiger partial charge on any atom is 0.271 e. The van der Waals surface area contributed by atoms with Crippen molar-refractivity contribution in [2.75, 3.05) is 50.3 Å². The monoisotopic (exact) mass is 555 g/mol. The number of H-pyrrole nitrogens is 1. The predicted octanol–water partition coefficient (Wildman–Crippen LogP) is 1.99. The molecule has 0 saturated carbocycles. The van der Waals surface area contributed by atoms with E-state index >= 15 is 0 Å². The number of piperazine rings is 1. The topological polar surface area (TPSA) is 176 Å². The molecular weight excluding hydrogens is 510 g/mol. The van der Waals surface area contributed by atoms with E-state index in [4.69, 9.17) is 11.5 Å². The number of hydrogen-bond donors (Lipinski definition) is 5. The highest BCUT2D eigenvalue weighted by Gasteiger charge is 2.22. The highest BCUT2D eigenvalue weighted by Crippen LogP contribution is 2.22. The number of nitrogens with zero attached hydrogens (tertiary/aromatic N) is 6. The van der Waals surface area contributed by atoms with Gasteiger partial charge in [0.15, 0.2) is 11.5 Å². The zero-order chi connectivity index (χ0) is 28.3. The van der Waals surface area contributed by atoms with Gasteiger partial charge < -0.3 is 31.2 Å². The lowest BCUT2D eigenvalue weighted by Gasteiger charge is -2.35. The van der Waals surface area contributed by atoms with Gasteiger partial charge in [-0.3, -0.25) is 24.8 Å². The summed E-state index contributed by atoms with van der Waals surface area (Å²) in [5.41, 5.74) is 12.5. The number of unbranched alkanes of at least 4 members (excludes halogenated alkanes) is 7. The minimum absolute atomic E-state index is 0.0400. The minimum Gasteiger partial charge on any atom is -0.383 e. The summed E-state index contributed by atoms with van der Waals surface area (Å²) in [6.07, 6.45) is 13.3. The molecule has 7 N–H and O–H groups in total. The van der Waals surface area contributed by atoms with Crippen molar-refractivity contribution in [3.8, 4) is 0 Å². The molecule has 13 nitrogen and oxygen atoms in total. The Morgan fingerprint density at radius 3 is 2.42 bits per heavy atom. The fourth-order valence-corrected chi connectivity index (χ4v) is 5.40. The second-order valence-corrected chi connectivity index (χ2v) is 10.7.